The summed E-state index contributed by atoms with van der Waals surface area (Å²) < 4.78 is 0. The minimum absolute atomic E-state index is 0.887. The SMILES string of the molecule is CCC1NC1C1CC(C)C1. The van der Waals surface area contributed by atoms with Gasteiger partial charge in [-0.3, -0.25) is 0 Å². The molecule has 2 unspecified atom stereocenters. The van der Waals surface area contributed by atoms with Gasteiger partial charge in [0.25, 0.3) is 0 Å². The molecule has 2 rings (SSSR count). The van der Waals surface area contributed by atoms with Gasteiger partial charge in [-0.15, -0.1) is 0 Å². The van der Waals surface area contributed by atoms with E-state index in [0.29, 0.717) is 0 Å². The minimum Gasteiger partial charge on any atom is -0.308 e. The van der Waals surface area contributed by atoms with E-state index in [4.69, 9.17) is 0 Å². The maximum atomic E-state index is 3.54. The van der Waals surface area contributed by atoms with Crippen molar-refractivity contribution in [2.45, 2.75) is 45.2 Å². The molecule has 1 heterocycles. The molecule has 1 saturated heterocycles. The molecule has 1 nitrogen and oxygen atoms in total. The van der Waals surface area contributed by atoms with Gasteiger partial charge in [0.1, 0.15) is 0 Å². The van der Waals surface area contributed by atoms with Crippen LogP contribution < -0.4 is 5.32 Å². The Labute approximate surface area is 63.2 Å². The molecule has 1 heteroatoms. The Balaban J connectivity index is 1.73. The van der Waals surface area contributed by atoms with E-state index in [1.807, 2.05) is 0 Å². The van der Waals surface area contributed by atoms with Crippen molar-refractivity contribution in [1.82, 2.24) is 5.32 Å². The van der Waals surface area contributed by atoms with Crippen molar-refractivity contribution in [3.05, 3.63) is 0 Å². The highest BCUT2D eigenvalue weighted by Gasteiger charge is 2.44. The zero-order valence-electron chi connectivity index (χ0n) is 6.93. The Morgan fingerprint density at radius 2 is 2.10 bits per heavy atom. The van der Waals surface area contributed by atoms with E-state index in [1.54, 1.807) is 0 Å². The molecule has 58 valence electrons. The fraction of sp³-hybridized carbons (Fsp3) is 1.00. The van der Waals surface area contributed by atoms with E-state index in [-0.39, 0.29) is 0 Å². The molecule has 0 bridgehead atoms. The average molecular weight is 139 g/mol. The molecule has 0 radical (unpaired) electrons. The first-order chi connectivity index (χ1) is 4.81. The molecular formula is C9H17N. The van der Waals surface area contributed by atoms with Gasteiger partial charge in [0, 0.05) is 12.1 Å². The molecule has 1 aliphatic heterocycles. The van der Waals surface area contributed by atoms with Crippen LogP contribution in [0.15, 0.2) is 0 Å². The first-order valence-corrected chi connectivity index (χ1v) is 4.57. The van der Waals surface area contributed by atoms with Gasteiger partial charge in [-0.05, 0) is 31.1 Å². The summed E-state index contributed by atoms with van der Waals surface area (Å²) in [5, 5.41) is 3.54. The molecule has 1 aliphatic carbocycles. The highest BCUT2D eigenvalue weighted by Crippen LogP contribution is 2.41. The molecule has 0 aromatic rings. The first kappa shape index (κ1) is 6.66. The van der Waals surface area contributed by atoms with E-state index >= 15 is 0 Å². The second-order valence-corrected chi connectivity index (χ2v) is 4.04. The van der Waals surface area contributed by atoms with Gasteiger partial charge in [-0.1, -0.05) is 13.8 Å². The Bertz CT molecular complexity index is 127. The topological polar surface area (TPSA) is 21.9 Å². The second-order valence-electron chi connectivity index (χ2n) is 4.04. The molecule has 0 aromatic heterocycles. The third kappa shape index (κ3) is 0.968. The van der Waals surface area contributed by atoms with Crippen LogP contribution in [0.2, 0.25) is 0 Å². The van der Waals surface area contributed by atoms with Crippen LogP contribution in [-0.2, 0) is 0 Å². The zero-order valence-corrected chi connectivity index (χ0v) is 6.93. The highest BCUT2D eigenvalue weighted by molar-refractivity contribution is 5.04. The Kier molecular flexibility index (Phi) is 1.48. The standard InChI is InChI=1S/C9H17N/c1-3-8-9(10-8)7-4-6(2)5-7/h6-10H,3-5H2,1-2H3. The van der Waals surface area contributed by atoms with Crippen LogP contribution in [0.5, 0.6) is 0 Å². The fourth-order valence-electron chi connectivity index (χ4n) is 2.29. The van der Waals surface area contributed by atoms with E-state index in [9.17, 15) is 0 Å². The van der Waals surface area contributed by atoms with Gasteiger partial charge in [-0.2, -0.15) is 0 Å². The second kappa shape index (κ2) is 2.23. The molecule has 2 fully saturated rings. The van der Waals surface area contributed by atoms with Crippen LogP contribution in [-0.4, -0.2) is 12.1 Å². The van der Waals surface area contributed by atoms with Crippen molar-refractivity contribution in [1.29, 1.82) is 0 Å². The lowest BCUT2D eigenvalue weighted by Gasteiger charge is -2.32. The Morgan fingerprint density at radius 3 is 2.50 bits per heavy atom. The maximum absolute atomic E-state index is 3.54. The normalized spacial score (nSPS) is 52.2. The summed E-state index contributed by atoms with van der Waals surface area (Å²) in [5.74, 6) is 2.06. The monoisotopic (exact) mass is 139 g/mol. The van der Waals surface area contributed by atoms with Gasteiger partial charge in [0.15, 0.2) is 0 Å². The van der Waals surface area contributed by atoms with Gasteiger partial charge in [0.2, 0.25) is 0 Å². The molecule has 10 heavy (non-hydrogen) atoms. The molecule has 0 spiro atoms. The van der Waals surface area contributed by atoms with Crippen LogP contribution in [0.3, 0.4) is 0 Å². The number of hydrogen-bond donors (Lipinski definition) is 1. The third-order valence-corrected chi connectivity index (χ3v) is 3.09. The van der Waals surface area contributed by atoms with Crippen molar-refractivity contribution >= 4 is 0 Å². The summed E-state index contributed by atoms with van der Waals surface area (Å²) >= 11 is 0. The number of nitrogens with one attached hydrogen (secondary N) is 1. The molecule has 1 saturated carbocycles. The summed E-state index contributed by atoms with van der Waals surface area (Å²) in [7, 11) is 0. The fourth-order valence-corrected chi connectivity index (χ4v) is 2.29. The van der Waals surface area contributed by atoms with Crippen LogP contribution in [0.4, 0.5) is 0 Å². The average Bonchev–Trinajstić information content (AvgIpc) is 2.59. The smallest absolute Gasteiger partial charge is 0.0252 e. The van der Waals surface area contributed by atoms with E-state index in [1.165, 1.54) is 19.3 Å². The van der Waals surface area contributed by atoms with Crippen LogP contribution in [0, 0.1) is 11.8 Å². The summed E-state index contributed by atoms with van der Waals surface area (Å²) in [6, 6.07) is 1.80. The maximum Gasteiger partial charge on any atom is 0.0252 e. The van der Waals surface area contributed by atoms with Crippen molar-refractivity contribution in [3.63, 3.8) is 0 Å². The number of hydrogen-bond acceptors (Lipinski definition) is 1. The third-order valence-electron chi connectivity index (χ3n) is 3.09. The van der Waals surface area contributed by atoms with Gasteiger partial charge >= 0.3 is 0 Å². The predicted molar refractivity (Wildman–Crippen MR) is 42.9 cm³/mol. The predicted octanol–water partition coefficient (Wildman–Crippen LogP) is 1.78. The summed E-state index contributed by atoms with van der Waals surface area (Å²) in [5.41, 5.74) is 0. The minimum atomic E-state index is 0.887. The van der Waals surface area contributed by atoms with Crippen LogP contribution in [0.1, 0.15) is 33.1 Å². The van der Waals surface area contributed by atoms with E-state index < -0.39 is 0 Å². The molecule has 2 aliphatic rings. The lowest BCUT2D eigenvalue weighted by Crippen LogP contribution is -2.27. The molecular weight excluding hydrogens is 122 g/mol. The number of rotatable bonds is 2. The van der Waals surface area contributed by atoms with Crippen molar-refractivity contribution in [2.75, 3.05) is 0 Å². The van der Waals surface area contributed by atoms with Crippen LogP contribution in [0.25, 0.3) is 0 Å². The van der Waals surface area contributed by atoms with Crippen LogP contribution >= 0.6 is 0 Å². The van der Waals surface area contributed by atoms with E-state index in [0.717, 1.165) is 23.9 Å². The molecule has 1 N–H and O–H groups in total. The lowest BCUT2D eigenvalue weighted by atomic mass is 9.73. The first-order valence-electron chi connectivity index (χ1n) is 4.57. The summed E-state index contributed by atoms with van der Waals surface area (Å²) in [4.78, 5) is 0. The molecule has 0 aromatic carbocycles. The molecule has 2 atom stereocenters. The Hall–Kier alpha value is -0.0400. The summed E-state index contributed by atoms with van der Waals surface area (Å²) in [6.45, 7) is 4.64. The van der Waals surface area contributed by atoms with Gasteiger partial charge in [-0.25, -0.2) is 0 Å². The highest BCUT2D eigenvalue weighted by atomic mass is 15.2. The van der Waals surface area contributed by atoms with Gasteiger partial charge in [0.05, 0.1) is 0 Å². The summed E-state index contributed by atoms with van der Waals surface area (Å²) in [6.07, 6.45) is 4.29. The van der Waals surface area contributed by atoms with Gasteiger partial charge < -0.3 is 5.32 Å². The zero-order chi connectivity index (χ0) is 7.14. The molecule has 0 amide bonds. The Morgan fingerprint density at radius 1 is 1.40 bits per heavy atom. The largest absolute Gasteiger partial charge is 0.308 e. The quantitative estimate of drug-likeness (QED) is 0.579. The van der Waals surface area contributed by atoms with Crippen molar-refractivity contribution in [2.24, 2.45) is 11.8 Å². The van der Waals surface area contributed by atoms with Crippen molar-refractivity contribution < 1.29 is 0 Å². The van der Waals surface area contributed by atoms with Crippen molar-refractivity contribution in [3.8, 4) is 0 Å². The lowest BCUT2D eigenvalue weighted by molar-refractivity contribution is 0.206. The van der Waals surface area contributed by atoms with E-state index in [2.05, 4.69) is 19.2 Å².